The van der Waals surface area contributed by atoms with E-state index in [4.69, 9.17) is 10.5 Å². The molecule has 1 aromatic carbocycles. The van der Waals surface area contributed by atoms with Crippen LogP contribution in [0.1, 0.15) is 57.1 Å². The fourth-order valence-corrected chi connectivity index (χ4v) is 7.24. The Morgan fingerprint density at radius 1 is 1.25 bits per heavy atom. The van der Waals surface area contributed by atoms with Gasteiger partial charge in [-0.15, -0.1) is 0 Å². The van der Waals surface area contributed by atoms with Gasteiger partial charge in [-0.25, -0.2) is 0 Å². The molecule has 5 heteroatoms. The lowest BCUT2D eigenvalue weighted by atomic mass is 9.46. The number of hydrogen-bond donors (Lipinski definition) is 3. The lowest BCUT2D eigenvalue weighted by Gasteiger charge is -2.65. The Kier molecular flexibility index (Phi) is 3.28. The van der Waals surface area contributed by atoms with Crippen LogP contribution in [0.25, 0.3) is 0 Å². The first-order valence-corrected chi connectivity index (χ1v) is 11.0. The van der Waals surface area contributed by atoms with Crippen LogP contribution in [-0.2, 0) is 11.8 Å². The van der Waals surface area contributed by atoms with E-state index in [2.05, 4.69) is 24.8 Å². The molecule has 3 aliphatic carbocycles. The smallest absolute Gasteiger partial charge is 0.165 e. The minimum Gasteiger partial charge on any atom is -0.504 e. The second-order valence-electron chi connectivity index (χ2n) is 10.8. The van der Waals surface area contributed by atoms with Gasteiger partial charge in [0.25, 0.3) is 0 Å². The highest BCUT2D eigenvalue weighted by Crippen LogP contribution is 2.67. The molecule has 5 nitrogen and oxygen atoms in total. The molecule has 0 amide bonds. The molecule has 0 aromatic heterocycles. The first-order valence-electron chi connectivity index (χ1n) is 11.0. The largest absolute Gasteiger partial charge is 0.504 e. The van der Waals surface area contributed by atoms with Crippen LogP contribution in [0.4, 0.5) is 0 Å². The molecule has 28 heavy (non-hydrogen) atoms. The number of likely N-dealkylation sites (tertiary alicyclic amines) is 1. The lowest BCUT2D eigenvalue weighted by molar-refractivity contribution is -0.203. The van der Waals surface area contributed by atoms with Gasteiger partial charge in [-0.05, 0) is 76.5 Å². The average molecular weight is 385 g/mol. The molecule has 152 valence electrons. The second-order valence-corrected chi connectivity index (χ2v) is 10.8. The topological polar surface area (TPSA) is 79.0 Å². The SMILES string of the molecule is CC(C)(N)C1CC[C@@]2(O)[C@H]3Cc4ccc(O)c5c4[C@@]2(CCN3CC2CC2)[C@H]1O5. The Morgan fingerprint density at radius 2 is 2.04 bits per heavy atom. The van der Waals surface area contributed by atoms with Gasteiger partial charge < -0.3 is 20.7 Å². The van der Waals surface area contributed by atoms with Crippen molar-refractivity contribution in [2.75, 3.05) is 13.1 Å². The van der Waals surface area contributed by atoms with Crippen LogP contribution in [-0.4, -0.2) is 51.5 Å². The summed E-state index contributed by atoms with van der Waals surface area (Å²) >= 11 is 0. The highest BCUT2D eigenvalue weighted by Gasteiger charge is 2.73. The fourth-order valence-electron chi connectivity index (χ4n) is 7.24. The van der Waals surface area contributed by atoms with Crippen molar-refractivity contribution in [3.8, 4) is 11.5 Å². The van der Waals surface area contributed by atoms with Gasteiger partial charge in [0.1, 0.15) is 6.10 Å². The Balaban J connectivity index is 1.55. The summed E-state index contributed by atoms with van der Waals surface area (Å²) in [7, 11) is 0. The number of aliphatic hydroxyl groups is 1. The van der Waals surface area contributed by atoms with E-state index in [1.807, 2.05) is 0 Å². The molecule has 1 spiro atoms. The van der Waals surface area contributed by atoms with Gasteiger partial charge in [-0.1, -0.05) is 6.07 Å². The maximum absolute atomic E-state index is 12.3. The zero-order valence-corrected chi connectivity index (χ0v) is 16.9. The predicted molar refractivity (Wildman–Crippen MR) is 107 cm³/mol. The van der Waals surface area contributed by atoms with Crippen molar-refractivity contribution in [2.24, 2.45) is 17.6 Å². The number of hydrogen-bond acceptors (Lipinski definition) is 5. The quantitative estimate of drug-likeness (QED) is 0.745. The first kappa shape index (κ1) is 17.5. The Bertz CT molecular complexity index is 845. The van der Waals surface area contributed by atoms with E-state index < -0.39 is 16.6 Å². The number of ether oxygens (including phenoxy) is 1. The summed E-state index contributed by atoms with van der Waals surface area (Å²) in [4.78, 5) is 2.57. The molecule has 0 radical (unpaired) electrons. The molecular weight excluding hydrogens is 352 g/mol. The van der Waals surface area contributed by atoms with Crippen LogP contribution in [0.3, 0.4) is 0 Å². The van der Waals surface area contributed by atoms with Crippen LogP contribution >= 0.6 is 0 Å². The number of nitrogens with zero attached hydrogens (tertiary/aromatic N) is 1. The van der Waals surface area contributed by atoms with Crippen molar-refractivity contribution in [1.29, 1.82) is 0 Å². The third-order valence-electron chi connectivity index (χ3n) is 8.72. The van der Waals surface area contributed by atoms with Gasteiger partial charge in [-0.2, -0.15) is 0 Å². The summed E-state index contributed by atoms with van der Waals surface area (Å²) in [5.41, 5.74) is 7.32. The van der Waals surface area contributed by atoms with E-state index in [0.717, 1.165) is 50.3 Å². The van der Waals surface area contributed by atoms with Gasteiger partial charge in [0.15, 0.2) is 11.5 Å². The minimum absolute atomic E-state index is 0.137. The van der Waals surface area contributed by atoms with Gasteiger partial charge in [0.2, 0.25) is 0 Å². The first-order chi connectivity index (χ1) is 13.3. The third kappa shape index (κ3) is 1.98. The van der Waals surface area contributed by atoms with Gasteiger partial charge in [0, 0.05) is 29.6 Å². The molecule has 3 fully saturated rings. The summed E-state index contributed by atoms with van der Waals surface area (Å²) in [5, 5.41) is 23.0. The normalized spacial score (nSPS) is 41.5. The van der Waals surface area contributed by atoms with Crippen molar-refractivity contribution < 1.29 is 14.9 Å². The van der Waals surface area contributed by atoms with Crippen molar-refractivity contribution in [3.05, 3.63) is 23.3 Å². The summed E-state index contributed by atoms with van der Waals surface area (Å²) < 4.78 is 6.53. The van der Waals surface area contributed by atoms with Gasteiger partial charge in [-0.3, -0.25) is 4.90 Å². The van der Waals surface area contributed by atoms with Crippen LogP contribution in [0.2, 0.25) is 0 Å². The fraction of sp³-hybridized carbons (Fsp3) is 0.739. The van der Waals surface area contributed by atoms with Crippen molar-refractivity contribution >= 4 is 0 Å². The lowest BCUT2D eigenvalue weighted by Crippen LogP contribution is -2.77. The predicted octanol–water partition coefficient (Wildman–Crippen LogP) is 2.31. The standard InChI is InChI=1S/C23H32N2O3/c1-21(2,24)15-7-8-23(27)17-11-14-5-6-16(26)19-18(14)22(23,20(15)28-19)9-10-25(17)12-13-3-4-13/h5-6,13,15,17,20,26-27H,3-4,7-12,24H2,1-2H3/t15?,17-,20+,22+,23-/m1/s1. The highest BCUT2D eigenvalue weighted by atomic mass is 16.5. The van der Waals surface area contributed by atoms with E-state index in [9.17, 15) is 10.2 Å². The van der Waals surface area contributed by atoms with E-state index in [0.29, 0.717) is 5.75 Å². The number of phenolic OH excluding ortho intramolecular Hbond substituents is 1. The van der Waals surface area contributed by atoms with Crippen molar-refractivity contribution in [1.82, 2.24) is 4.90 Å². The molecule has 4 N–H and O–H groups in total. The molecule has 2 bridgehead atoms. The molecule has 5 aliphatic rings. The molecule has 1 saturated heterocycles. The Labute approximate surface area is 166 Å². The van der Waals surface area contributed by atoms with Crippen LogP contribution in [0.5, 0.6) is 11.5 Å². The van der Waals surface area contributed by atoms with Crippen molar-refractivity contribution in [2.45, 2.75) is 81.1 Å². The van der Waals surface area contributed by atoms with Crippen molar-refractivity contribution in [3.63, 3.8) is 0 Å². The van der Waals surface area contributed by atoms with Crippen LogP contribution < -0.4 is 10.5 Å². The second kappa shape index (κ2) is 5.24. The monoisotopic (exact) mass is 384 g/mol. The summed E-state index contributed by atoms with van der Waals surface area (Å²) in [6.45, 7) is 6.26. The maximum atomic E-state index is 12.3. The highest BCUT2D eigenvalue weighted by molar-refractivity contribution is 5.62. The summed E-state index contributed by atoms with van der Waals surface area (Å²) in [5.74, 6) is 1.79. The molecule has 5 atom stereocenters. The molecule has 6 rings (SSSR count). The molecular formula is C23H32N2O3. The van der Waals surface area contributed by atoms with E-state index in [1.54, 1.807) is 6.07 Å². The zero-order valence-electron chi connectivity index (χ0n) is 16.9. The van der Waals surface area contributed by atoms with E-state index in [-0.39, 0.29) is 23.8 Å². The number of benzene rings is 1. The summed E-state index contributed by atoms with van der Waals surface area (Å²) in [6.07, 6.45) is 5.85. The minimum atomic E-state index is -0.807. The maximum Gasteiger partial charge on any atom is 0.165 e. The Morgan fingerprint density at radius 3 is 2.75 bits per heavy atom. The number of nitrogens with two attached hydrogens (primary N) is 1. The van der Waals surface area contributed by atoms with Gasteiger partial charge in [0.05, 0.1) is 11.0 Å². The number of piperidine rings is 1. The summed E-state index contributed by atoms with van der Waals surface area (Å²) in [6, 6.07) is 3.97. The molecule has 2 saturated carbocycles. The van der Waals surface area contributed by atoms with E-state index in [1.165, 1.54) is 18.4 Å². The number of phenols is 1. The molecule has 2 heterocycles. The zero-order chi connectivity index (χ0) is 19.5. The van der Waals surface area contributed by atoms with Crippen LogP contribution in [0.15, 0.2) is 12.1 Å². The average Bonchev–Trinajstić information content (AvgIpc) is 3.36. The van der Waals surface area contributed by atoms with E-state index >= 15 is 0 Å². The third-order valence-corrected chi connectivity index (χ3v) is 8.72. The van der Waals surface area contributed by atoms with Gasteiger partial charge >= 0.3 is 0 Å². The van der Waals surface area contributed by atoms with Crippen LogP contribution in [0, 0.1) is 11.8 Å². The number of rotatable bonds is 3. The molecule has 2 aliphatic heterocycles. The molecule has 1 aromatic rings. The number of aromatic hydroxyl groups is 1. The molecule has 1 unspecified atom stereocenters. The Hall–Kier alpha value is -1.30.